The molecule has 8 heteroatoms. The fourth-order valence-corrected chi connectivity index (χ4v) is 3.20. The Balaban J connectivity index is 1.57. The van der Waals surface area contributed by atoms with Crippen molar-refractivity contribution in [3.8, 4) is 11.5 Å². The molecule has 2 heterocycles. The van der Waals surface area contributed by atoms with E-state index in [0.717, 1.165) is 0 Å². The molecule has 0 saturated heterocycles. The van der Waals surface area contributed by atoms with Crippen molar-refractivity contribution in [2.75, 3.05) is 5.32 Å². The fourth-order valence-electron chi connectivity index (χ4n) is 3.02. The van der Waals surface area contributed by atoms with Gasteiger partial charge < -0.3 is 10.1 Å². The highest BCUT2D eigenvalue weighted by atomic mass is 35.5. The lowest BCUT2D eigenvalue weighted by Crippen LogP contribution is -2.15. The summed E-state index contributed by atoms with van der Waals surface area (Å²) in [7, 11) is 1.68. The average Bonchev–Trinajstić information content (AvgIpc) is 2.98. The molecule has 7 nitrogen and oxygen atoms in total. The maximum Gasteiger partial charge on any atom is 0.274 e. The van der Waals surface area contributed by atoms with Crippen molar-refractivity contribution in [2.24, 2.45) is 7.05 Å². The van der Waals surface area contributed by atoms with Gasteiger partial charge in [0.1, 0.15) is 11.5 Å². The van der Waals surface area contributed by atoms with E-state index in [9.17, 15) is 9.59 Å². The molecule has 29 heavy (non-hydrogen) atoms. The summed E-state index contributed by atoms with van der Waals surface area (Å²) in [6.07, 6.45) is 0. The summed E-state index contributed by atoms with van der Waals surface area (Å²) >= 11 is 6.10. The lowest BCUT2D eigenvalue weighted by atomic mass is 10.1. The van der Waals surface area contributed by atoms with Gasteiger partial charge in [-0.1, -0.05) is 23.7 Å². The van der Waals surface area contributed by atoms with Crippen molar-refractivity contribution in [1.82, 2.24) is 14.8 Å². The number of nitrogens with zero attached hydrogens (tertiary/aromatic N) is 2. The van der Waals surface area contributed by atoms with Crippen LogP contribution in [0.1, 0.15) is 16.1 Å². The van der Waals surface area contributed by atoms with E-state index in [-0.39, 0.29) is 16.5 Å². The quantitative estimate of drug-likeness (QED) is 0.527. The van der Waals surface area contributed by atoms with Gasteiger partial charge in [0.15, 0.2) is 5.65 Å². The van der Waals surface area contributed by atoms with Crippen molar-refractivity contribution in [2.45, 2.75) is 6.92 Å². The number of rotatable bonds is 4. The van der Waals surface area contributed by atoms with E-state index in [1.54, 1.807) is 56.4 Å². The second-order valence-electron chi connectivity index (χ2n) is 6.52. The minimum Gasteiger partial charge on any atom is -0.456 e. The van der Waals surface area contributed by atoms with Crippen molar-refractivity contribution in [3.05, 3.63) is 81.2 Å². The Bertz CT molecular complexity index is 1280. The number of hydrogen-bond donors (Lipinski definition) is 2. The summed E-state index contributed by atoms with van der Waals surface area (Å²) < 4.78 is 7.25. The summed E-state index contributed by atoms with van der Waals surface area (Å²) in [4.78, 5) is 29.4. The van der Waals surface area contributed by atoms with Crippen LogP contribution in [-0.4, -0.2) is 20.7 Å². The van der Waals surface area contributed by atoms with Crippen LogP contribution in [0.15, 0.2) is 59.4 Å². The lowest BCUT2D eigenvalue weighted by Gasteiger charge is -2.10. The monoisotopic (exact) mass is 408 g/mol. The number of fused-ring (bicyclic) bond motifs is 1. The number of ether oxygens (including phenoxy) is 1. The Kier molecular flexibility index (Phi) is 4.82. The second kappa shape index (κ2) is 7.44. The third-order valence-electron chi connectivity index (χ3n) is 4.36. The molecule has 2 aromatic carbocycles. The van der Waals surface area contributed by atoms with Crippen LogP contribution in [-0.2, 0) is 7.05 Å². The molecule has 146 valence electrons. The number of anilines is 1. The zero-order valence-electron chi connectivity index (χ0n) is 15.7. The van der Waals surface area contributed by atoms with Gasteiger partial charge in [-0.05, 0) is 49.4 Å². The van der Waals surface area contributed by atoms with Gasteiger partial charge in [-0.3, -0.25) is 19.4 Å². The van der Waals surface area contributed by atoms with Crippen molar-refractivity contribution in [1.29, 1.82) is 0 Å². The molecule has 2 N–H and O–H groups in total. The molecule has 1 amide bonds. The normalized spacial score (nSPS) is 10.9. The first-order valence-electron chi connectivity index (χ1n) is 8.82. The number of benzene rings is 2. The number of amides is 1. The van der Waals surface area contributed by atoms with Gasteiger partial charge in [0.25, 0.3) is 11.5 Å². The largest absolute Gasteiger partial charge is 0.456 e. The molecule has 0 aliphatic rings. The number of hydrogen-bond acceptors (Lipinski definition) is 4. The predicted octanol–water partition coefficient (Wildman–Crippen LogP) is 4.27. The number of aromatic nitrogens is 3. The standard InChI is InChI=1S/C21H17ClN4O3/c1-12-11-15(18-19(23-12)26(2)25-21(18)28)20(27)24-13-7-9-14(10-8-13)29-17-6-4-3-5-16(17)22/h3-11H,1-2H3,(H,24,27)(H,25,28). The van der Waals surface area contributed by atoms with Crippen LogP contribution in [0.4, 0.5) is 5.69 Å². The molecule has 0 saturated carbocycles. The van der Waals surface area contributed by atoms with E-state index in [0.29, 0.717) is 33.6 Å². The van der Waals surface area contributed by atoms with E-state index in [1.165, 1.54) is 4.68 Å². The molecule has 2 aromatic heterocycles. The van der Waals surface area contributed by atoms with E-state index in [2.05, 4.69) is 15.4 Å². The van der Waals surface area contributed by atoms with Gasteiger partial charge in [0, 0.05) is 18.4 Å². The van der Waals surface area contributed by atoms with Gasteiger partial charge >= 0.3 is 0 Å². The van der Waals surface area contributed by atoms with Crippen molar-refractivity contribution >= 4 is 34.2 Å². The van der Waals surface area contributed by atoms with Crippen molar-refractivity contribution < 1.29 is 9.53 Å². The number of para-hydroxylation sites is 1. The Hall–Kier alpha value is -3.58. The summed E-state index contributed by atoms with van der Waals surface area (Å²) in [6.45, 7) is 1.77. The molecular weight excluding hydrogens is 392 g/mol. The van der Waals surface area contributed by atoms with Gasteiger partial charge in [-0.15, -0.1) is 0 Å². The third-order valence-corrected chi connectivity index (χ3v) is 4.68. The molecule has 0 unspecified atom stereocenters. The predicted molar refractivity (Wildman–Crippen MR) is 112 cm³/mol. The second-order valence-corrected chi connectivity index (χ2v) is 6.93. The van der Waals surface area contributed by atoms with Crippen molar-refractivity contribution in [3.63, 3.8) is 0 Å². The van der Waals surface area contributed by atoms with Gasteiger partial charge in [0.2, 0.25) is 0 Å². The van der Waals surface area contributed by atoms with Crippen LogP contribution in [0.25, 0.3) is 11.0 Å². The van der Waals surface area contributed by atoms with E-state index < -0.39 is 5.91 Å². The van der Waals surface area contributed by atoms with Gasteiger partial charge in [0.05, 0.1) is 16.0 Å². The molecule has 0 radical (unpaired) electrons. The third kappa shape index (κ3) is 3.72. The summed E-state index contributed by atoms with van der Waals surface area (Å²) in [5.74, 6) is 0.735. The number of pyridine rings is 1. The molecule has 0 spiro atoms. The first-order chi connectivity index (χ1) is 13.9. The SMILES string of the molecule is Cc1cc(C(=O)Nc2ccc(Oc3ccccc3Cl)cc2)c2c(=O)[nH]n(C)c2n1. The highest BCUT2D eigenvalue weighted by molar-refractivity contribution is 6.32. The summed E-state index contributed by atoms with van der Waals surface area (Å²) in [5.41, 5.74) is 1.55. The average molecular weight is 409 g/mol. The van der Waals surface area contributed by atoms with E-state index >= 15 is 0 Å². The summed E-state index contributed by atoms with van der Waals surface area (Å²) in [5, 5.41) is 6.20. The lowest BCUT2D eigenvalue weighted by molar-refractivity contribution is 0.102. The van der Waals surface area contributed by atoms with E-state index in [1.807, 2.05) is 12.1 Å². The smallest absolute Gasteiger partial charge is 0.274 e. The number of carbonyl (C=O) groups excluding carboxylic acids is 1. The minimum absolute atomic E-state index is 0.259. The number of carbonyl (C=O) groups is 1. The van der Waals surface area contributed by atoms with Crippen LogP contribution in [0.5, 0.6) is 11.5 Å². The Morgan fingerprint density at radius 2 is 1.90 bits per heavy atom. The maximum absolute atomic E-state index is 12.8. The number of halogens is 1. The zero-order valence-corrected chi connectivity index (χ0v) is 16.4. The molecule has 0 bridgehead atoms. The molecule has 0 fully saturated rings. The number of nitrogens with one attached hydrogen (secondary N) is 2. The zero-order chi connectivity index (χ0) is 20.5. The molecule has 0 atom stereocenters. The Morgan fingerprint density at radius 3 is 2.62 bits per heavy atom. The first kappa shape index (κ1) is 18.8. The highest BCUT2D eigenvalue weighted by Gasteiger charge is 2.18. The Morgan fingerprint density at radius 1 is 1.17 bits per heavy atom. The Labute approximate surface area is 170 Å². The fraction of sp³-hybridized carbons (Fsp3) is 0.0952. The van der Waals surface area contributed by atoms with Crippen LogP contribution < -0.4 is 15.6 Å². The van der Waals surface area contributed by atoms with Gasteiger partial charge in [-0.2, -0.15) is 0 Å². The van der Waals surface area contributed by atoms with Gasteiger partial charge in [-0.25, -0.2) is 4.98 Å². The highest BCUT2D eigenvalue weighted by Crippen LogP contribution is 2.29. The van der Waals surface area contributed by atoms with Crippen LogP contribution in [0.2, 0.25) is 5.02 Å². The molecule has 4 aromatic rings. The number of aryl methyl sites for hydroxylation is 2. The maximum atomic E-state index is 12.8. The number of aromatic amines is 1. The van der Waals surface area contributed by atoms with Crippen LogP contribution in [0.3, 0.4) is 0 Å². The first-order valence-corrected chi connectivity index (χ1v) is 9.20. The van der Waals surface area contributed by atoms with Crippen LogP contribution in [0, 0.1) is 6.92 Å². The number of H-pyrrole nitrogens is 1. The summed E-state index contributed by atoms with van der Waals surface area (Å²) in [6, 6.07) is 15.6. The molecule has 0 aliphatic carbocycles. The van der Waals surface area contributed by atoms with E-state index in [4.69, 9.17) is 16.3 Å². The van der Waals surface area contributed by atoms with Crippen LogP contribution >= 0.6 is 11.6 Å². The molecule has 0 aliphatic heterocycles. The molecule has 4 rings (SSSR count). The molecular formula is C21H17ClN4O3. The topological polar surface area (TPSA) is 89.0 Å². The minimum atomic E-state index is -0.392.